The number of nitrogens with one attached hydrogen (secondary N) is 1. The molecule has 0 spiro atoms. The molecule has 3 aromatic rings. The largest absolute Gasteiger partial charge is 0.338 e. The van der Waals surface area contributed by atoms with E-state index in [1.807, 2.05) is 18.2 Å². The molecule has 2 aromatic heterocycles. The van der Waals surface area contributed by atoms with Gasteiger partial charge in [-0.2, -0.15) is 5.10 Å². The maximum Gasteiger partial charge on any atom is 0.290 e. The number of hydrogen-bond acceptors (Lipinski definition) is 5. The van der Waals surface area contributed by atoms with Gasteiger partial charge in [-0.25, -0.2) is 9.67 Å². The molecule has 3 rings (SSSR count). The minimum atomic E-state index is -0.457. The van der Waals surface area contributed by atoms with Crippen LogP contribution in [0.15, 0.2) is 48.9 Å². The minimum absolute atomic E-state index is 0.0117. The number of hydrogen-bond donors (Lipinski definition) is 1. The summed E-state index contributed by atoms with van der Waals surface area (Å²) in [4.78, 5) is 14.4. The van der Waals surface area contributed by atoms with Gasteiger partial charge in [-0.1, -0.05) is 23.7 Å². The number of halogens is 1. The number of pyridine rings is 1. The Morgan fingerprint density at radius 1 is 1.30 bits per heavy atom. The maximum absolute atomic E-state index is 10.8. The molecule has 1 N–H and O–H groups in total. The van der Waals surface area contributed by atoms with Gasteiger partial charge in [0.25, 0.3) is 5.69 Å². The summed E-state index contributed by atoms with van der Waals surface area (Å²) in [5, 5.41) is 18.7. The molecule has 0 atom stereocenters. The third kappa shape index (κ3) is 3.14. The van der Waals surface area contributed by atoms with Gasteiger partial charge >= 0.3 is 0 Å². The first-order valence-corrected chi connectivity index (χ1v) is 7.10. The third-order valence-electron chi connectivity index (χ3n) is 3.23. The van der Waals surface area contributed by atoms with Crippen LogP contribution in [-0.4, -0.2) is 19.7 Å². The molecule has 7 nitrogen and oxygen atoms in total. The van der Waals surface area contributed by atoms with E-state index in [0.717, 1.165) is 5.69 Å². The molecule has 1 aromatic carbocycles. The average molecular weight is 330 g/mol. The Kier molecular flexibility index (Phi) is 3.94. The van der Waals surface area contributed by atoms with Crippen molar-refractivity contribution in [3.8, 4) is 5.69 Å². The van der Waals surface area contributed by atoms with Crippen LogP contribution in [0.2, 0.25) is 5.02 Å². The lowest BCUT2D eigenvalue weighted by molar-refractivity contribution is -0.385. The van der Waals surface area contributed by atoms with E-state index in [2.05, 4.69) is 15.4 Å². The molecule has 2 heterocycles. The van der Waals surface area contributed by atoms with Crippen molar-refractivity contribution >= 4 is 28.8 Å². The van der Waals surface area contributed by atoms with Crippen LogP contribution in [0.3, 0.4) is 0 Å². The predicted octanol–water partition coefficient (Wildman–Crippen LogP) is 3.88. The Morgan fingerprint density at radius 2 is 2.09 bits per heavy atom. The summed E-state index contributed by atoms with van der Waals surface area (Å²) >= 11 is 6.14. The zero-order valence-electron chi connectivity index (χ0n) is 12.1. The Morgan fingerprint density at radius 3 is 2.78 bits per heavy atom. The first-order valence-electron chi connectivity index (χ1n) is 6.72. The zero-order chi connectivity index (χ0) is 16.4. The van der Waals surface area contributed by atoms with Crippen molar-refractivity contribution in [1.82, 2.24) is 14.8 Å². The number of nitro groups is 1. The van der Waals surface area contributed by atoms with Crippen LogP contribution in [0.25, 0.3) is 5.69 Å². The van der Waals surface area contributed by atoms with E-state index >= 15 is 0 Å². The Balaban J connectivity index is 1.84. The monoisotopic (exact) mass is 329 g/mol. The van der Waals surface area contributed by atoms with Crippen molar-refractivity contribution in [3.63, 3.8) is 0 Å². The summed E-state index contributed by atoms with van der Waals surface area (Å²) in [5.41, 5.74) is 1.98. The SMILES string of the molecule is Cc1cc(Nc2cnn(-c3ccccc3Cl)c2)ncc1[N+](=O)[O-]. The van der Waals surface area contributed by atoms with Gasteiger partial charge in [0.1, 0.15) is 12.0 Å². The van der Waals surface area contributed by atoms with Gasteiger partial charge < -0.3 is 5.32 Å². The summed E-state index contributed by atoms with van der Waals surface area (Å²) < 4.78 is 1.64. The third-order valence-corrected chi connectivity index (χ3v) is 3.55. The quantitative estimate of drug-likeness (QED) is 0.580. The van der Waals surface area contributed by atoms with Gasteiger partial charge in [0.05, 0.1) is 33.7 Å². The van der Waals surface area contributed by atoms with E-state index in [0.29, 0.717) is 22.1 Å². The van der Waals surface area contributed by atoms with Crippen molar-refractivity contribution in [2.75, 3.05) is 5.32 Å². The molecule has 0 aliphatic rings. The molecule has 23 heavy (non-hydrogen) atoms. The van der Waals surface area contributed by atoms with Crippen molar-refractivity contribution in [3.05, 3.63) is 69.6 Å². The molecule has 0 aliphatic heterocycles. The minimum Gasteiger partial charge on any atom is -0.338 e. The predicted molar refractivity (Wildman–Crippen MR) is 87.5 cm³/mol. The molecule has 0 saturated heterocycles. The number of para-hydroxylation sites is 1. The lowest BCUT2D eigenvalue weighted by atomic mass is 10.2. The highest BCUT2D eigenvalue weighted by atomic mass is 35.5. The lowest BCUT2D eigenvalue weighted by Crippen LogP contribution is -1.97. The van der Waals surface area contributed by atoms with E-state index in [-0.39, 0.29) is 5.69 Å². The highest BCUT2D eigenvalue weighted by Crippen LogP contribution is 2.23. The molecule has 0 saturated carbocycles. The van der Waals surface area contributed by atoms with E-state index in [4.69, 9.17) is 11.6 Å². The molecular weight excluding hydrogens is 318 g/mol. The van der Waals surface area contributed by atoms with E-state index < -0.39 is 4.92 Å². The van der Waals surface area contributed by atoms with Gasteiger partial charge in [-0.15, -0.1) is 0 Å². The number of anilines is 2. The lowest BCUT2D eigenvalue weighted by Gasteiger charge is -2.04. The molecular formula is C15H12ClN5O2. The first kappa shape index (κ1) is 15.0. The Hall–Kier alpha value is -2.93. The fourth-order valence-electron chi connectivity index (χ4n) is 2.11. The van der Waals surface area contributed by atoms with E-state index in [1.165, 1.54) is 6.20 Å². The summed E-state index contributed by atoms with van der Waals surface area (Å²) in [6, 6.07) is 8.97. The molecule has 0 fully saturated rings. The Labute approximate surface area is 136 Å². The van der Waals surface area contributed by atoms with Crippen LogP contribution < -0.4 is 5.32 Å². The van der Waals surface area contributed by atoms with Crippen LogP contribution in [0.4, 0.5) is 17.2 Å². The van der Waals surface area contributed by atoms with E-state index in [1.54, 1.807) is 36.1 Å². The van der Waals surface area contributed by atoms with Crippen LogP contribution in [0.5, 0.6) is 0 Å². The Bertz CT molecular complexity index is 878. The fraction of sp³-hybridized carbons (Fsp3) is 0.0667. The summed E-state index contributed by atoms with van der Waals surface area (Å²) in [6.07, 6.45) is 4.62. The van der Waals surface area contributed by atoms with Crippen molar-refractivity contribution < 1.29 is 4.92 Å². The highest BCUT2D eigenvalue weighted by molar-refractivity contribution is 6.32. The second-order valence-corrected chi connectivity index (χ2v) is 5.27. The van der Waals surface area contributed by atoms with Gasteiger partial charge in [0.15, 0.2) is 0 Å². The standard InChI is InChI=1S/C15H12ClN5O2/c1-10-6-15(17-8-14(10)21(22)23)19-11-7-18-20(9-11)13-5-3-2-4-12(13)16/h2-9H,1H3,(H,17,19). The van der Waals surface area contributed by atoms with Gasteiger partial charge in [0.2, 0.25) is 0 Å². The topological polar surface area (TPSA) is 85.9 Å². The van der Waals surface area contributed by atoms with Crippen LogP contribution in [0.1, 0.15) is 5.56 Å². The van der Waals surface area contributed by atoms with Crippen LogP contribution in [-0.2, 0) is 0 Å². The molecule has 0 aliphatic carbocycles. The van der Waals surface area contributed by atoms with Gasteiger partial charge in [0, 0.05) is 5.56 Å². The fourth-order valence-corrected chi connectivity index (χ4v) is 2.34. The van der Waals surface area contributed by atoms with Crippen LogP contribution >= 0.6 is 11.6 Å². The van der Waals surface area contributed by atoms with Crippen LogP contribution in [0, 0.1) is 17.0 Å². The maximum atomic E-state index is 10.8. The van der Waals surface area contributed by atoms with E-state index in [9.17, 15) is 10.1 Å². The highest BCUT2D eigenvalue weighted by Gasteiger charge is 2.12. The summed E-state index contributed by atoms with van der Waals surface area (Å²) in [7, 11) is 0. The van der Waals surface area contributed by atoms with Crippen molar-refractivity contribution in [2.45, 2.75) is 6.92 Å². The molecule has 0 radical (unpaired) electrons. The van der Waals surface area contributed by atoms with Crippen molar-refractivity contribution in [2.24, 2.45) is 0 Å². The summed E-state index contributed by atoms with van der Waals surface area (Å²) in [5.74, 6) is 0.506. The summed E-state index contributed by atoms with van der Waals surface area (Å²) in [6.45, 7) is 1.66. The number of aromatic nitrogens is 3. The molecule has 0 amide bonds. The normalized spacial score (nSPS) is 10.5. The van der Waals surface area contributed by atoms with Crippen molar-refractivity contribution in [1.29, 1.82) is 0 Å². The average Bonchev–Trinajstić information content (AvgIpc) is 2.95. The second-order valence-electron chi connectivity index (χ2n) is 4.86. The van der Waals surface area contributed by atoms with Gasteiger partial charge in [-0.3, -0.25) is 10.1 Å². The molecule has 0 unspecified atom stereocenters. The number of aryl methyl sites for hydroxylation is 1. The number of rotatable bonds is 4. The zero-order valence-corrected chi connectivity index (χ0v) is 12.9. The molecule has 116 valence electrons. The number of nitrogens with zero attached hydrogens (tertiary/aromatic N) is 4. The smallest absolute Gasteiger partial charge is 0.290 e. The number of benzene rings is 1. The molecule has 0 bridgehead atoms. The second kappa shape index (κ2) is 6.05. The van der Waals surface area contributed by atoms with Gasteiger partial charge in [-0.05, 0) is 25.1 Å². The first-order chi connectivity index (χ1) is 11.0. The molecule has 8 heteroatoms.